The molecule has 0 unspecified atom stereocenters. The molecule has 1 aromatic heterocycles. The molecular weight excluding hydrogens is 195 g/mol. The highest BCUT2D eigenvalue weighted by atomic mass is 16.5. The van der Waals surface area contributed by atoms with Gasteiger partial charge >= 0.3 is 7.12 Å². The second-order valence-electron chi connectivity index (χ2n) is 3.93. The van der Waals surface area contributed by atoms with Gasteiger partial charge in [-0.1, -0.05) is 0 Å². The summed E-state index contributed by atoms with van der Waals surface area (Å²) in [5.74, 6) is 0.585. The Labute approximate surface area is 88.8 Å². The quantitative estimate of drug-likeness (QED) is 0.627. The van der Waals surface area contributed by atoms with Crippen LogP contribution in [0.1, 0.15) is 12.8 Å². The van der Waals surface area contributed by atoms with Gasteiger partial charge in [0, 0.05) is 37.6 Å². The zero-order valence-electron chi connectivity index (χ0n) is 8.54. The summed E-state index contributed by atoms with van der Waals surface area (Å²) in [6, 6.07) is 0. The Morgan fingerprint density at radius 1 is 1.47 bits per heavy atom. The molecule has 5 nitrogen and oxygen atoms in total. The molecule has 1 aromatic rings. The summed E-state index contributed by atoms with van der Waals surface area (Å²) in [5, 5.41) is 21.9. The summed E-state index contributed by atoms with van der Waals surface area (Å²) in [6.07, 6.45) is 5.28. The number of hydrogen-bond acceptors (Lipinski definition) is 4. The third-order valence-corrected chi connectivity index (χ3v) is 2.74. The monoisotopic (exact) mass is 210 g/mol. The largest absolute Gasteiger partial charge is 0.491 e. The number of ether oxygens (including phenoxy) is 1. The Balaban J connectivity index is 1.91. The van der Waals surface area contributed by atoms with Crippen LogP contribution in [0.2, 0.25) is 0 Å². The topological polar surface area (TPSA) is 67.5 Å². The summed E-state index contributed by atoms with van der Waals surface area (Å²) in [4.78, 5) is 0. The first kappa shape index (κ1) is 10.7. The summed E-state index contributed by atoms with van der Waals surface area (Å²) in [5.41, 5.74) is 0.446. The van der Waals surface area contributed by atoms with Crippen LogP contribution < -0.4 is 5.46 Å². The zero-order chi connectivity index (χ0) is 10.7. The van der Waals surface area contributed by atoms with Gasteiger partial charge in [-0.2, -0.15) is 5.10 Å². The van der Waals surface area contributed by atoms with Crippen molar-refractivity contribution in [1.29, 1.82) is 0 Å². The van der Waals surface area contributed by atoms with Gasteiger partial charge in [-0.15, -0.1) is 0 Å². The molecule has 0 radical (unpaired) electrons. The summed E-state index contributed by atoms with van der Waals surface area (Å²) in [6.45, 7) is 2.47. The van der Waals surface area contributed by atoms with E-state index in [1.54, 1.807) is 10.9 Å². The molecule has 0 aliphatic carbocycles. The summed E-state index contributed by atoms with van der Waals surface area (Å²) < 4.78 is 7.04. The molecular formula is C9H15BN2O3. The molecule has 2 heterocycles. The van der Waals surface area contributed by atoms with E-state index in [0.29, 0.717) is 11.4 Å². The lowest BCUT2D eigenvalue weighted by Gasteiger charge is -2.21. The molecule has 1 fully saturated rings. The molecule has 15 heavy (non-hydrogen) atoms. The van der Waals surface area contributed by atoms with Crippen LogP contribution in [0.15, 0.2) is 12.4 Å². The smallest absolute Gasteiger partial charge is 0.423 e. The number of aromatic nitrogens is 2. The molecule has 1 aliphatic heterocycles. The molecule has 82 valence electrons. The Morgan fingerprint density at radius 2 is 2.20 bits per heavy atom. The Hall–Kier alpha value is -0.845. The van der Waals surface area contributed by atoms with E-state index in [0.717, 1.165) is 32.6 Å². The Kier molecular flexibility index (Phi) is 3.40. The van der Waals surface area contributed by atoms with E-state index >= 15 is 0 Å². The van der Waals surface area contributed by atoms with Crippen LogP contribution in [-0.4, -0.2) is 40.2 Å². The van der Waals surface area contributed by atoms with Gasteiger partial charge in [-0.3, -0.25) is 4.68 Å². The predicted octanol–water partition coefficient (Wildman–Crippen LogP) is -1.01. The van der Waals surface area contributed by atoms with Crippen LogP contribution in [0, 0.1) is 5.92 Å². The maximum absolute atomic E-state index is 8.93. The average molecular weight is 210 g/mol. The average Bonchev–Trinajstić information content (AvgIpc) is 2.68. The molecule has 0 amide bonds. The number of nitrogens with zero attached hydrogens (tertiary/aromatic N) is 2. The van der Waals surface area contributed by atoms with E-state index in [9.17, 15) is 0 Å². The lowest BCUT2D eigenvalue weighted by molar-refractivity contribution is 0.0601. The van der Waals surface area contributed by atoms with Gasteiger partial charge in [0.05, 0.1) is 0 Å². The zero-order valence-corrected chi connectivity index (χ0v) is 8.54. The van der Waals surface area contributed by atoms with E-state index in [2.05, 4.69) is 5.10 Å². The molecule has 0 aromatic carbocycles. The molecule has 6 heteroatoms. The van der Waals surface area contributed by atoms with Gasteiger partial charge in [0.25, 0.3) is 0 Å². The van der Waals surface area contributed by atoms with E-state index in [-0.39, 0.29) is 0 Å². The molecule has 2 N–H and O–H groups in total. The minimum atomic E-state index is -1.42. The maximum atomic E-state index is 8.93. The van der Waals surface area contributed by atoms with Crippen molar-refractivity contribution in [3.63, 3.8) is 0 Å². The van der Waals surface area contributed by atoms with Crippen LogP contribution >= 0.6 is 0 Å². The van der Waals surface area contributed by atoms with Crippen molar-refractivity contribution in [3.05, 3.63) is 12.4 Å². The van der Waals surface area contributed by atoms with Crippen LogP contribution in [0.3, 0.4) is 0 Å². The van der Waals surface area contributed by atoms with Crippen molar-refractivity contribution < 1.29 is 14.8 Å². The molecule has 0 bridgehead atoms. The number of hydrogen-bond donors (Lipinski definition) is 2. The highest BCUT2D eigenvalue weighted by Crippen LogP contribution is 2.15. The highest BCUT2D eigenvalue weighted by Gasteiger charge is 2.17. The summed E-state index contributed by atoms with van der Waals surface area (Å²) >= 11 is 0. The standard InChI is InChI=1S/C9H15BN2O3/c13-10(14)9-5-11-12(7-9)6-8-1-3-15-4-2-8/h5,7-8,13-14H,1-4,6H2. The second-order valence-corrected chi connectivity index (χ2v) is 3.93. The third kappa shape index (κ3) is 2.81. The molecule has 1 saturated heterocycles. The lowest BCUT2D eigenvalue weighted by Crippen LogP contribution is -2.28. The minimum absolute atomic E-state index is 0.446. The van der Waals surface area contributed by atoms with Gasteiger partial charge in [0.2, 0.25) is 0 Å². The van der Waals surface area contributed by atoms with Crippen molar-refractivity contribution in [2.45, 2.75) is 19.4 Å². The Bertz CT molecular complexity index is 310. The van der Waals surface area contributed by atoms with Crippen molar-refractivity contribution in [1.82, 2.24) is 9.78 Å². The fourth-order valence-electron chi connectivity index (χ4n) is 1.81. The van der Waals surface area contributed by atoms with Gasteiger partial charge in [0.15, 0.2) is 0 Å². The van der Waals surface area contributed by atoms with Gasteiger partial charge in [0.1, 0.15) is 0 Å². The van der Waals surface area contributed by atoms with Crippen LogP contribution in [0.5, 0.6) is 0 Å². The predicted molar refractivity (Wildman–Crippen MR) is 55.6 cm³/mol. The molecule has 0 spiro atoms. The molecule has 0 saturated carbocycles. The van der Waals surface area contributed by atoms with Gasteiger partial charge in [-0.05, 0) is 18.8 Å². The van der Waals surface area contributed by atoms with Crippen molar-refractivity contribution in [3.8, 4) is 0 Å². The second kappa shape index (κ2) is 4.78. The van der Waals surface area contributed by atoms with E-state index < -0.39 is 7.12 Å². The van der Waals surface area contributed by atoms with E-state index in [1.807, 2.05) is 0 Å². The number of rotatable bonds is 3. The van der Waals surface area contributed by atoms with E-state index in [1.165, 1.54) is 6.20 Å². The van der Waals surface area contributed by atoms with Crippen LogP contribution in [-0.2, 0) is 11.3 Å². The highest BCUT2D eigenvalue weighted by molar-refractivity contribution is 6.58. The molecule has 1 aliphatic rings. The molecule has 0 atom stereocenters. The van der Waals surface area contributed by atoms with Gasteiger partial charge in [-0.25, -0.2) is 0 Å². The van der Waals surface area contributed by atoms with Crippen LogP contribution in [0.4, 0.5) is 0 Å². The van der Waals surface area contributed by atoms with Gasteiger partial charge < -0.3 is 14.8 Å². The minimum Gasteiger partial charge on any atom is -0.423 e. The fraction of sp³-hybridized carbons (Fsp3) is 0.667. The normalized spacial score (nSPS) is 18.0. The molecule has 2 rings (SSSR count). The Morgan fingerprint density at radius 3 is 2.80 bits per heavy atom. The maximum Gasteiger partial charge on any atom is 0.491 e. The first-order valence-electron chi connectivity index (χ1n) is 5.22. The third-order valence-electron chi connectivity index (χ3n) is 2.74. The SMILES string of the molecule is OB(O)c1cnn(CC2CCOCC2)c1. The van der Waals surface area contributed by atoms with E-state index in [4.69, 9.17) is 14.8 Å². The van der Waals surface area contributed by atoms with Crippen LogP contribution in [0.25, 0.3) is 0 Å². The first-order valence-corrected chi connectivity index (χ1v) is 5.22. The summed E-state index contributed by atoms with van der Waals surface area (Å²) in [7, 11) is -1.42. The van der Waals surface area contributed by atoms with Crippen molar-refractivity contribution in [2.24, 2.45) is 5.92 Å². The fourth-order valence-corrected chi connectivity index (χ4v) is 1.81. The first-order chi connectivity index (χ1) is 7.25. The lowest BCUT2D eigenvalue weighted by atomic mass is 9.83. The van der Waals surface area contributed by atoms with Crippen molar-refractivity contribution in [2.75, 3.05) is 13.2 Å². The van der Waals surface area contributed by atoms with Crippen molar-refractivity contribution >= 4 is 12.6 Å².